The molecule has 0 aromatic heterocycles. The molecular formula is C18H33N. The number of unbranched alkanes of at least 4 members (excludes halogenated alkanes) is 1. The molecule has 0 fully saturated rings. The van der Waals surface area contributed by atoms with Crippen molar-refractivity contribution < 1.29 is 1.43 Å². The first-order chi connectivity index (χ1) is 9.08. The molecule has 1 rings (SSSR count). The minimum Gasteiger partial charge on any atom is -0.314 e. The van der Waals surface area contributed by atoms with E-state index < -0.39 is 0 Å². The minimum atomic E-state index is 0. The predicted octanol–water partition coefficient (Wildman–Crippen LogP) is 4.84. The Hall–Kier alpha value is -0.820. The maximum Gasteiger partial charge on any atom is 0.00105 e. The SMILES string of the molecule is CC(C)CCCCc1ccc(CCNC(C)C)cc1.[HH]. The molecule has 0 amide bonds. The highest BCUT2D eigenvalue weighted by atomic mass is 14.9. The molecule has 0 radical (unpaired) electrons. The Morgan fingerprint density at radius 2 is 1.47 bits per heavy atom. The monoisotopic (exact) mass is 263 g/mol. The summed E-state index contributed by atoms with van der Waals surface area (Å²) in [6.07, 6.45) is 6.41. The smallest absolute Gasteiger partial charge is 0.00105 e. The predicted molar refractivity (Wildman–Crippen MR) is 87.8 cm³/mol. The van der Waals surface area contributed by atoms with Gasteiger partial charge in [-0.25, -0.2) is 0 Å². The second-order valence-corrected chi connectivity index (χ2v) is 6.31. The van der Waals surface area contributed by atoms with E-state index in [0.717, 1.165) is 18.9 Å². The van der Waals surface area contributed by atoms with Crippen molar-refractivity contribution in [3.05, 3.63) is 35.4 Å². The van der Waals surface area contributed by atoms with E-state index in [0.29, 0.717) is 6.04 Å². The summed E-state index contributed by atoms with van der Waals surface area (Å²) in [5.74, 6) is 0.843. The number of hydrogen-bond donors (Lipinski definition) is 1. The summed E-state index contributed by atoms with van der Waals surface area (Å²) < 4.78 is 0. The van der Waals surface area contributed by atoms with E-state index in [-0.39, 0.29) is 1.43 Å². The van der Waals surface area contributed by atoms with Crippen molar-refractivity contribution >= 4 is 0 Å². The average Bonchev–Trinajstić information content (AvgIpc) is 2.36. The van der Waals surface area contributed by atoms with E-state index in [2.05, 4.69) is 57.3 Å². The zero-order valence-electron chi connectivity index (χ0n) is 13.2. The van der Waals surface area contributed by atoms with Crippen LogP contribution in [0.5, 0.6) is 0 Å². The van der Waals surface area contributed by atoms with Gasteiger partial charge in [0.25, 0.3) is 0 Å². The van der Waals surface area contributed by atoms with Crippen molar-refractivity contribution in [1.82, 2.24) is 5.32 Å². The van der Waals surface area contributed by atoms with Crippen LogP contribution in [0.15, 0.2) is 24.3 Å². The van der Waals surface area contributed by atoms with E-state index in [1.54, 1.807) is 0 Å². The van der Waals surface area contributed by atoms with Gasteiger partial charge in [-0.15, -0.1) is 0 Å². The van der Waals surface area contributed by atoms with E-state index in [4.69, 9.17) is 0 Å². The molecule has 0 unspecified atom stereocenters. The van der Waals surface area contributed by atoms with Gasteiger partial charge in [0, 0.05) is 7.47 Å². The molecule has 0 spiro atoms. The quantitative estimate of drug-likeness (QED) is 0.628. The van der Waals surface area contributed by atoms with Crippen LogP contribution in [0, 0.1) is 5.92 Å². The summed E-state index contributed by atoms with van der Waals surface area (Å²) in [6, 6.07) is 9.78. The molecule has 1 N–H and O–H groups in total. The van der Waals surface area contributed by atoms with Gasteiger partial charge in [-0.05, 0) is 42.9 Å². The highest BCUT2D eigenvalue weighted by molar-refractivity contribution is 5.22. The van der Waals surface area contributed by atoms with Crippen LogP contribution in [0.4, 0.5) is 0 Å². The van der Waals surface area contributed by atoms with Gasteiger partial charge in [0.05, 0.1) is 0 Å². The molecule has 0 aliphatic heterocycles. The molecule has 1 aromatic carbocycles. The van der Waals surface area contributed by atoms with Gasteiger partial charge in [0.1, 0.15) is 0 Å². The first-order valence-electron chi connectivity index (χ1n) is 7.89. The van der Waals surface area contributed by atoms with Gasteiger partial charge in [-0.1, -0.05) is 64.8 Å². The second kappa shape index (κ2) is 9.14. The molecule has 0 bridgehead atoms. The van der Waals surface area contributed by atoms with Crippen LogP contribution in [-0.4, -0.2) is 12.6 Å². The Labute approximate surface area is 121 Å². The number of nitrogens with one attached hydrogen (secondary N) is 1. The molecule has 0 atom stereocenters. The van der Waals surface area contributed by atoms with Gasteiger partial charge < -0.3 is 5.32 Å². The summed E-state index contributed by atoms with van der Waals surface area (Å²) in [7, 11) is 0. The molecular weight excluding hydrogens is 230 g/mol. The lowest BCUT2D eigenvalue weighted by Crippen LogP contribution is -2.24. The second-order valence-electron chi connectivity index (χ2n) is 6.31. The summed E-state index contributed by atoms with van der Waals surface area (Å²) in [4.78, 5) is 0. The standard InChI is InChI=1S/C18H31N.H2/c1-15(2)7-5-6-8-17-9-11-18(12-10-17)13-14-19-16(3)4;/h9-12,15-16,19H,5-8,13-14H2,1-4H3;1H. The largest absolute Gasteiger partial charge is 0.314 e. The van der Waals surface area contributed by atoms with E-state index in [9.17, 15) is 0 Å². The Balaban J connectivity index is 0.00000361. The van der Waals surface area contributed by atoms with Crippen molar-refractivity contribution in [2.45, 2.75) is 65.8 Å². The lowest BCUT2D eigenvalue weighted by Gasteiger charge is -2.08. The minimum absolute atomic E-state index is 0. The fourth-order valence-corrected chi connectivity index (χ4v) is 2.26. The van der Waals surface area contributed by atoms with Gasteiger partial charge in [-0.3, -0.25) is 0 Å². The summed E-state index contributed by atoms with van der Waals surface area (Å²) in [5.41, 5.74) is 2.93. The van der Waals surface area contributed by atoms with E-state index in [1.165, 1.54) is 36.8 Å². The lowest BCUT2D eigenvalue weighted by molar-refractivity contribution is 0.538. The zero-order chi connectivity index (χ0) is 14.1. The van der Waals surface area contributed by atoms with Crippen LogP contribution in [-0.2, 0) is 12.8 Å². The molecule has 1 heteroatoms. The van der Waals surface area contributed by atoms with Crippen molar-refractivity contribution in [2.24, 2.45) is 5.92 Å². The van der Waals surface area contributed by atoms with Crippen molar-refractivity contribution in [2.75, 3.05) is 6.54 Å². The fourth-order valence-electron chi connectivity index (χ4n) is 2.26. The van der Waals surface area contributed by atoms with Crippen LogP contribution in [0.2, 0.25) is 0 Å². The fraction of sp³-hybridized carbons (Fsp3) is 0.667. The molecule has 0 saturated carbocycles. The molecule has 0 aliphatic carbocycles. The van der Waals surface area contributed by atoms with Crippen LogP contribution in [0.25, 0.3) is 0 Å². The van der Waals surface area contributed by atoms with Crippen LogP contribution in [0.3, 0.4) is 0 Å². The molecule has 0 saturated heterocycles. The van der Waals surface area contributed by atoms with Gasteiger partial charge in [-0.2, -0.15) is 0 Å². The topological polar surface area (TPSA) is 12.0 Å². The van der Waals surface area contributed by atoms with Crippen molar-refractivity contribution in [1.29, 1.82) is 0 Å². The summed E-state index contributed by atoms with van der Waals surface area (Å²) >= 11 is 0. The number of benzene rings is 1. The zero-order valence-corrected chi connectivity index (χ0v) is 13.2. The Bertz CT molecular complexity index is 330. The first-order valence-corrected chi connectivity index (χ1v) is 7.89. The highest BCUT2D eigenvalue weighted by Crippen LogP contribution is 2.12. The third-order valence-electron chi connectivity index (χ3n) is 3.49. The Morgan fingerprint density at radius 3 is 2.00 bits per heavy atom. The molecule has 0 aliphatic rings. The van der Waals surface area contributed by atoms with Crippen LogP contribution in [0.1, 0.15) is 59.5 Å². The Kier molecular flexibility index (Phi) is 7.81. The number of rotatable bonds is 9. The molecule has 19 heavy (non-hydrogen) atoms. The third kappa shape index (κ3) is 8.05. The normalized spacial score (nSPS) is 11.5. The Morgan fingerprint density at radius 1 is 0.895 bits per heavy atom. The third-order valence-corrected chi connectivity index (χ3v) is 3.49. The van der Waals surface area contributed by atoms with Crippen LogP contribution < -0.4 is 5.32 Å². The summed E-state index contributed by atoms with van der Waals surface area (Å²) in [6.45, 7) is 10.1. The highest BCUT2D eigenvalue weighted by Gasteiger charge is 1.98. The maximum absolute atomic E-state index is 3.46. The first kappa shape index (κ1) is 16.2. The number of hydrogen-bond acceptors (Lipinski definition) is 1. The molecule has 110 valence electrons. The molecule has 1 nitrogen and oxygen atoms in total. The average molecular weight is 263 g/mol. The van der Waals surface area contributed by atoms with E-state index in [1.807, 2.05) is 0 Å². The van der Waals surface area contributed by atoms with Crippen molar-refractivity contribution in [3.63, 3.8) is 0 Å². The number of aryl methyl sites for hydroxylation is 1. The molecule has 0 heterocycles. The lowest BCUT2D eigenvalue weighted by atomic mass is 10.0. The van der Waals surface area contributed by atoms with Gasteiger partial charge in [0.15, 0.2) is 0 Å². The van der Waals surface area contributed by atoms with Crippen LogP contribution >= 0.6 is 0 Å². The van der Waals surface area contributed by atoms with Crippen molar-refractivity contribution in [3.8, 4) is 0 Å². The van der Waals surface area contributed by atoms with Gasteiger partial charge >= 0.3 is 0 Å². The molecule has 1 aromatic rings. The van der Waals surface area contributed by atoms with E-state index >= 15 is 0 Å². The summed E-state index contributed by atoms with van der Waals surface area (Å²) in [5, 5.41) is 3.46. The maximum atomic E-state index is 3.46. The van der Waals surface area contributed by atoms with Gasteiger partial charge in [0.2, 0.25) is 0 Å².